The van der Waals surface area contributed by atoms with Crippen LogP contribution in [0.4, 0.5) is 16.2 Å². The number of carbonyl (C=O) groups is 2. The lowest BCUT2D eigenvalue weighted by molar-refractivity contribution is -0.106. The summed E-state index contributed by atoms with van der Waals surface area (Å²) in [6.45, 7) is 1.95. The summed E-state index contributed by atoms with van der Waals surface area (Å²) in [6.07, 6.45) is 0.519. The van der Waals surface area contributed by atoms with E-state index in [0.717, 1.165) is 21.2 Å². The molecule has 3 aromatic carbocycles. The fourth-order valence-electron chi connectivity index (χ4n) is 2.44. The molecule has 0 radical (unpaired) electrons. The molecule has 3 aromatic rings. The summed E-state index contributed by atoms with van der Waals surface area (Å²) in [6, 6.07) is 20.1. The molecule has 0 unspecified atom stereocenters. The van der Waals surface area contributed by atoms with E-state index in [9.17, 15) is 9.59 Å². The summed E-state index contributed by atoms with van der Waals surface area (Å²) in [5, 5.41) is 4.76. The SMILES string of the molecule is Cc1ccc(N(C=O)C(=O)Nc2cccc3ccccc23)cc1. The van der Waals surface area contributed by atoms with Crippen molar-refractivity contribution in [3.05, 3.63) is 72.3 Å². The highest BCUT2D eigenvalue weighted by atomic mass is 16.2. The average molecular weight is 304 g/mol. The van der Waals surface area contributed by atoms with E-state index in [2.05, 4.69) is 5.32 Å². The third-order valence-corrected chi connectivity index (χ3v) is 3.67. The maximum absolute atomic E-state index is 12.5. The molecule has 3 rings (SSSR count). The molecule has 0 bridgehead atoms. The van der Waals surface area contributed by atoms with Crippen molar-refractivity contribution < 1.29 is 9.59 Å². The molecule has 0 fully saturated rings. The van der Waals surface area contributed by atoms with Crippen molar-refractivity contribution in [3.8, 4) is 0 Å². The summed E-state index contributed by atoms with van der Waals surface area (Å²) >= 11 is 0. The standard InChI is InChI=1S/C19H16N2O2/c1-14-9-11-16(12-10-14)21(13-22)19(23)20-18-8-4-6-15-5-2-3-7-17(15)18/h2-13H,1H3,(H,20,23). The Hall–Kier alpha value is -3.14. The lowest BCUT2D eigenvalue weighted by atomic mass is 10.1. The number of carbonyl (C=O) groups excluding carboxylic acids is 2. The highest BCUT2D eigenvalue weighted by molar-refractivity contribution is 6.14. The Morgan fingerprint density at radius 3 is 2.39 bits per heavy atom. The highest BCUT2D eigenvalue weighted by Gasteiger charge is 2.15. The van der Waals surface area contributed by atoms with E-state index in [0.29, 0.717) is 17.8 Å². The van der Waals surface area contributed by atoms with E-state index < -0.39 is 6.03 Å². The van der Waals surface area contributed by atoms with Crippen molar-refractivity contribution in [2.24, 2.45) is 0 Å². The van der Waals surface area contributed by atoms with E-state index in [-0.39, 0.29) is 0 Å². The summed E-state index contributed by atoms with van der Waals surface area (Å²) in [7, 11) is 0. The lowest BCUT2D eigenvalue weighted by Crippen LogP contribution is -2.33. The molecule has 0 aliphatic carbocycles. The number of nitrogens with zero attached hydrogens (tertiary/aromatic N) is 1. The molecule has 0 heterocycles. The number of aryl methyl sites for hydroxylation is 1. The number of hydrogen-bond acceptors (Lipinski definition) is 2. The van der Waals surface area contributed by atoms with E-state index in [4.69, 9.17) is 0 Å². The molecule has 4 nitrogen and oxygen atoms in total. The Labute approximate surface area is 134 Å². The van der Waals surface area contributed by atoms with Gasteiger partial charge >= 0.3 is 6.03 Å². The smallest absolute Gasteiger partial charge is 0.307 e. The monoisotopic (exact) mass is 304 g/mol. The molecule has 0 aromatic heterocycles. The predicted molar refractivity (Wildman–Crippen MR) is 92.7 cm³/mol. The highest BCUT2D eigenvalue weighted by Crippen LogP contribution is 2.24. The van der Waals surface area contributed by atoms with Crippen molar-refractivity contribution in [2.45, 2.75) is 6.92 Å². The average Bonchev–Trinajstić information content (AvgIpc) is 2.57. The number of hydrogen-bond donors (Lipinski definition) is 1. The van der Waals surface area contributed by atoms with Gasteiger partial charge < -0.3 is 5.32 Å². The maximum Gasteiger partial charge on any atom is 0.332 e. The minimum absolute atomic E-state index is 0.486. The van der Waals surface area contributed by atoms with Gasteiger partial charge in [-0.25, -0.2) is 9.69 Å². The second-order valence-electron chi connectivity index (χ2n) is 5.27. The number of imide groups is 1. The summed E-state index contributed by atoms with van der Waals surface area (Å²) in [5.74, 6) is 0. The van der Waals surface area contributed by atoms with Crippen LogP contribution < -0.4 is 10.2 Å². The molecule has 0 spiro atoms. The van der Waals surface area contributed by atoms with Gasteiger partial charge in [-0.1, -0.05) is 54.1 Å². The van der Waals surface area contributed by atoms with Gasteiger partial charge in [0.1, 0.15) is 0 Å². The van der Waals surface area contributed by atoms with E-state index >= 15 is 0 Å². The zero-order chi connectivity index (χ0) is 16.2. The van der Waals surface area contributed by atoms with Gasteiger partial charge in [-0.3, -0.25) is 4.79 Å². The Morgan fingerprint density at radius 1 is 0.957 bits per heavy atom. The second-order valence-corrected chi connectivity index (χ2v) is 5.27. The van der Waals surface area contributed by atoms with Crippen molar-refractivity contribution in [3.63, 3.8) is 0 Å². The molecule has 3 amide bonds. The van der Waals surface area contributed by atoms with E-state index in [1.54, 1.807) is 12.1 Å². The molecule has 4 heteroatoms. The second kappa shape index (κ2) is 6.32. The van der Waals surface area contributed by atoms with Gasteiger partial charge in [0.25, 0.3) is 0 Å². The zero-order valence-corrected chi connectivity index (χ0v) is 12.7. The topological polar surface area (TPSA) is 49.4 Å². The largest absolute Gasteiger partial charge is 0.332 e. The van der Waals surface area contributed by atoms with Crippen LogP contribution in [0.5, 0.6) is 0 Å². The van der Waals surface area contributed by atoms with Crippen LogP contribution in [0.2, 0.25) is 0 Å². The first kappa shape index (κ1) is 14.8. The molecular formula is C19H16N2O2. The third-order valence-electron chi connectivity index (χ3n) is 3.67. The van der Waals surface area contributed by atoms with Crippen LogP contribution in [-0.2, 0) is 4.79 Å². The van der Waals surface area contributed by atoms with Crippen LogP contribution in [0.3, 0.4) is 0 Å². The third kappa shape index (κ3) is 3.06. The van der Waals surface area contributed by atoms with Crippen molar-refractivity contribution >= 4 is 34.6 Å². The molecule has 0 atom stereocenters. The Morgan fingerprint density at radius 2 is 1.65 bits per heavy atom. The number of rotatable bonds is 3. The van der Waals surface area contributed by atoms with E-state index in [1.807, 2.05) is 61.5 Å². The van der Waals surface area contributed by atoms with Gasteiger partial charge in [0, 0.05) is 5.39 Å². The van der Waals surface area contributed by atoms with Crippen LogP contribution in [0.1, 0.15) is 5.56 Å². The number of urea groups is 1. The van der Waals surface area contributed by atoms with Crippen LogP contribution >= 0.6 is 0 Å². The summed E-state index contributed by atoms with van der Waals surface area (Å²) < 4.78 is 0. The molecular weight excluding hydrogens is 288 g/mol. The van der Waals surface area contributed by atoms with Crippen molar-refractivity contribution in [2.75, 3.05) is 10.2 Å². The van der Waals surface area contributed by atoms with Gasteiger partial charge in [0.05, 0.1) is 11.4 Å². The van der Waals surface area contributed by atoms with Crippen molar-refractivity contribution in [1.82, 2.24) is 0 Å². The van der Waals surface area contributed by atoms with E-state index in [1.165, 1.54) is 0 Å². The molecule has 0 aliphatic heterocycles. The number of fused-ring (bicyclic) bond motifs is 1. The van der Waals surface area contributed by atoms with Crippen LogP contribution in [-0.4, -0.2) is 12.4 Å². The van der Waals surface area contributed by atoms with Gasteiger partial charge in [-0.15, -0.1) is 0 Å². The van der Waals surface area contributed by atoms with Gasteiger partial charge in [0.15, 0.2) is 0 Å². The van der Waals surface area contributed by atoms with Crippen LogP contribution in [0, 0.1) is 6.92 Å². The number of benzene rings is 3. The minimum atomic E-state index is -0.486. The quantitative estimate of drug-likeness (QED) is 0.732. The number of amides is 3. The summed E-state index contributed by atoms with van der Waals surface area (Å²) in [4.78, 5) is 24.9. The zero-order valence-electron chi connectivity index (χ0n) is 12.7. The molecule has 0 saturated carbocycles. The van der Waals surface area contributed by atoms with Crippen LogP contribution in [0.25, 0.3) is 10.8 Å². The maximum atomic E-state index is 12.5. The summed E-state index contributed by atoms with van der Waals surface area (Å²) in [5.41, 5.74) is 2.27. The minimum Gasteiger partial charge on any atom is -0.307 e. The Bertz CT molecular complexity index is 851. The van der Waals surface area contributed by atoms with Gasteiger partial charge in [-0.05, 0) is 30.5 Å². The molecule has 23 heavy (non-hydrogen) atoms. The first-order chi connectivity index (χ1) is 11.2. The first-order valence-corrected chi connectivity index (χ1v) is 7.29. The molecule has 0 aliphatic rings. The number of anilines is 2. The van der Waals surface area contributed by atoms with Crippen LogP contribution in [0.15, 0.2) is 66.7 Å². The van der Waals surface area contributed by atoms with Gasteiger partial charge in [0.2, 0.25) is 6.41 Å². The number of nitrogens with one attached hydrogen (secondary N) is 1. The predicted octanol–water partition coefficient (Wildman–Crippen LogP) is 4.34. The Balaban J connectivity index is 1.90. The Kier molecular flexibility index (Phi) is 4.06. The molecule has 114 valence electrons. The lowest BCUT2D eigenvalue weighted by Gasteiger charge is -2.17. The molecule has 0 saturated heterocycles. The van der Waals surface area contributed by atoms with Crippen molar-refractivity contribution in [1.29, 1.82) is 0 Å². The fraction of sp³-hybridized carbons (Fsp3) is 0.0526. The first-order valence-electron chi connectivity index (χ1n) is 7.29. The fourth-order valence-corrected chi connectivity index (χ4v) is 2.44. The molecule has 1 N–H and O–H groups in total. The normalized spacial score (nSPS) is 10.3. The van der Waals surface area contributed by atoms with Gasteiger partial charge in [-0.2, -0.15) is 0 Å².